The molecule has 8 heteroatoms. The highest BCUT2D eigenvalue weighted by Gasteiger charge is 2.60. The molecule has 2 aliphatic rings. The van der Waals surface area contributed by atoms with Crippen LogP contribution in [0.25, 0.3) is 0 Å². The first-order valence-electron chi connectivity index (χ1n) is 11.9. The fourth-order valence-electron chi connectivity index (χ4n) is 4.77. The Morgan fingerprint density at radius 2 is 1.56 bits per heavy atom. The molecule has 0 saturated carbocycles. The molecule has 2 amide bonds. The van der Waals surface area contributed by atoms with Crippen LogP contribution in [0.15, 0.2) is 72.8 Å². The number of fused-ring (bicyclic) bond motifs is 1. The monoisotopic (exact) mass is 488 g/mol. The summed E-state index contributed by atoms with van der Waals surface area (Å²) in [6.07, 6.45) is -0.0897. The molecule has 3 aromatic rings. The third-order valence-electron chi connectivity index (χ3n) is 6.45. The zero-order valence-corrected chi connectivity index (χ0v) is 20.4. The van der Waals surface area contributed by atoms with Crippen molar-refractivity contribution in [1.29, 1.82) is 0 Å². The summed E-state index contributed by atoms with van der Waals surface area (Å²) in [4.78, 5) is 34.8. The Kier molecular flexibility index (Phi) is 6.52. The van der Waals surface area contributed by atoms with Crippen LogP contribution in [0.2, 0.25) is 0 Å². The number of anilines is 2. The number of hydrogen-bond acceptors (Lipinski definition) is 7. The second-order valence-corrected chi connectivity index (χ2v) is 8.62. The van der Waals surface area contributed by atoms with Gasteiger partial charge in [-0.15, -0.1) is 0 Å². The average molecular weight is 489 g/mol. The van der Waals surface area contributed by atoms with Crippen LogP contribution >= 0.6 is 0 Å². The molecule has 0 aliphatic carbocycles. The number of ether oxygens (including phenoxy) is 3. The number of carbonyl (C=O) groups excluding carboxylic acids is 2. The van der Waals surface area contributed by atoms with Gasteiger partial charge < -0.3 is 14.2 Å². The van der Waals surface area contributed by atoms with Gasteiger partial charge in [0, 0.05) is 5.56 Å². The van der Waals surface area contributed by atoms with E-state index < -0.39 is 24.0 Å². The standard InChI is InChI=1S/C28H28N2O6/c1-4-16-35-20-12-10-18(11-13-20)29-27(31)24-25(22-17-21(33-2)14-15-23(22)34-3)30(36-26(24)28(29)32)19-8-6-5-7-9-19/h5-15,17,24-26H,4,16H2,1-3H3/t24-,25+,26+/m1/s1. The van der Waals surface area contributed by atoms with Crippen molar-refractivity contribution in [2.45, 2.75) is 25.5 Å². The molecule has 0 N–H and O–H groups in total. The van der Waals surface area contributed by atoms with E-state index in [1.807, 2.05) is 43.3 Å². The Bertz CT molecular complexity index is 1250. The van der Waals surface area contributed by atoms with Crippen LogP contribution in [0.4, 0.5) is 11.4 Å². The fraction of sp³-hybridized carbons (Fsp3) is 0.286. The van der Waals surface area contributed by atoms with Gasteiger partial charge in [0.25, 0.3) is 5.91 Å². The Labute approximate surface area is 209 Å². The number of carbonyl (C=O) groups is 2. The van der Waals surface area contributed by atoms with E-state index >= 15 is 0 Å². The SMILES string of the molecule is CCCOc1ccc(N2C(=O)[C@H]3[C@H](ON(c4ccccc4)[C@H]3c3cc(OC)ccc3OC)C2=O)cc1. The molecule has 2 heterocycles. The van der Waals surface area contributed by atoms with Gasteiger partial charge in [0.05, 0.1) is 32.2 Å². The molecule has 0 spiro atoms. The lowest BCUT2D eigenvalue weighted by atomic mass is 9.89. The minimum Gasteiger partial charge on any atom is -0.497 e. The van der Waals surface area contributed by atoms with Crippen molar-refractivity contribution < 1.29 is 28.6 Å². The minimum atomic E-state index is -0.977. The summed E-state index contributed by atoms with van der Waals surface area (Å²) < 4.78 is 16.7. The van der Waals surface area contributed by atoms with Gasteiger partial charge in [0.1, 0.15) is 29.2 Å². The van der Waals surface area contributed by atoms with Crippen LogP contribution in [-0.2, 0) is 14.4 Å². The Morgan fingerprint density at radius 3 is 2.22 bits per heavy atom. The quantitative estimate of drug-likeness (QED) is 0.431. The van der Waals surface area contributed by atoms with Gasteiger partial charge in [-0.25, -0.2) is 9.96 Å². The van der Waals surface area contributed by atoms with E-state index in [4.69, 9.17) is 19.0 Å². The first kappa shape index (κ1) is 23.7. The van der Waals surface area contributed by atoms with Crippen LogP contribution in [0, 0.1) is 5.92 Å². The maximum absolute atomic E-state index is 13.9. The summed E-state index contributed by atoms with van der Waals surface area (Å²) in [5.74, 6) is 0.346. The van der Waals surface area contributed by atoms with E-state index in [0.717, 1.165) is 12.1 Å². The predicted molar refractivity (Wildman–Crippen MR) is 134 cm³/mol. The molecular weight excluding hydrogens is 460 g/mol. The van der Waals surface area contributed by atoms with Crippen molar-refractivity contribution in [1.82, 2.24) is 0 Å². The van der Waals surface area contributed by atoms with Gasteiger partial charge in [-0.2, -0.15) is 0 Å². The van der Waals surface area contributed by atoms with E-state index in [0.29, 0.717) is 35.1 Å². The highest BCUT2D eigenvalue weighted by atomic mass is 16.7. The number of amides is 2. The second-order valence-electron chi connectivity index (χ2n) is 8.62. The Morgan fingerprint density at radius 1 is 0.833 bits per heavy atom. The molecule has 3 aromatic carbocycles. The highest BCUT2D eigenvalue weighted by molar-refractivity contribution is 6.24. The molecule has 186 valence electrons. The van der Waals surface area contributed by atoms with E-state index in [2.05, 4.69) is 0 Å². The minimum absolute atomic E-state index is 0.333. The van der Waals surface area contributed by atoms with Crippen LogP contribution in [-0.4, -0.2) is 38.7 Å². The maximum Gasteiger partial charge on any atom is 0.266 e. The maximum atomic E-state index is 13.9. The van der Waals surface area contributed by atoms with Crippen LogP contribution in [0.1, 0.15) is 24.9 Å². The summed E-state index contributed by atoms with van der Waals surface area (Å²) in [5, 5.41) is 1.64. The molecule has 2 aliphatic heterocycles. The zero-order chi connectivity index (χ0) is 25.2. The Hall–Kier alpha value is -4.04. The van der Waals surface area contributed by atoms with Crippen molar-refractivity contribution in [3.8, 4) is 17.2 Å². The van der Waals surface area contributed by atoms with Crippen LogP contribution in [0.5, 0.6) is 17.2 Å². The van der Waals surface area contributed by atoms with E-state index in [-0.39, 0.29) is 5.91 Å². The molecule has 2 saturated heterocycles. The molecule has 36 heavy (non-hydrogen) atoms. The van der Waals surface area contributed by atoms with Crippen molar-refractivity contribution in [2.24, 2.45) is 5.92 Å². The number of para-hydroxylation sites is 1. The van der Waals surface area contributed by atoms with Crippen molar-refractivity contribution in [3.05, 3.63) is 78.4 Å². The number of hydroxylamine groups is 1. The summed E-state index contributed by atoms with van der Waals surface area (Å²) >= 11 is 0. The fourth-order valence-corrected chi connectivity index (χ4v) is 4.77. The van der Waals surface area contributed by atoms with Crippen molar-refractivity contribution >= 4 is 23.2 Å². The molecule has 0 radical (unpaired) electrons. The molecule has 2 fully saturated rings. The second kappa shape index (κ2) is 9.91. The molecule has 8 nitrogen and oxygen atoms in total. The number of imide groups is 1. The largest absolute Gasteiger partial charge is 0.497 e. The smallest absolute Gasteiger partial charge is 0.266 e. The van der Waals surface area contributed by atoms with Gasteiger partial charge >= 0.3 is 0 Å². The summed E-state index contributed by atoms with van der Waals surface area (Å²) in [5.41, 5.74) is 1.90. The summed E-state index contributed by atoms with van der Waals surface area (Å²) in [6, 6.07) is 21.2. The number of hydrogen-bond donors (Lipinski definition) is 0. The Balaban J connectivity index is 1.55. The predicted octanol–water partition coefficient (Wildman–Crippen LogP) is 4.54. The number of nitrogens with zero attached hydrogens (tertiary/aromatic N) is 2. The van der Waals surface area contributed by atoms with Gasteiger partial charge in [-0.05, 0) is 61.0 Å². The van der Waals surface area contributed by atoms with Gasteiger partial charge in [-0.1, -0.05) is 25.1 Å². The molecule has 5 rings (SSSR count). The molecule has 0 unspecified atom stereocenters. The number of rotatable bonds is 8. The highest BCUT2D eigenvalue weighted by Crippen LogP contribution is 2.50. The lowest BCUT2D eigenvalue weighted by Crippen LogP contribution is -2.37. The van der Waals surface area contributed by atoms with Crippen molar-refractivity contribution in [3.63, 3.8) is 0 Å². The number of methoxy groups -OCH3 is 2. The normalized spacial score (nSPS) is 21.0. The third kappa shape index (κ3) is 4.03. The average Bonchev–Trinajstić information content (AvgIpc) is 3.43. The molecule has 3 atom stereocenters. The summed E-state index contributed by atoms with van der Waals surface area (Å²) in [7, 11) is 3.15. The summed E-state index contributed by atoms with van der Waals surface area (Å²) in [6.45, 7) is 2.62. The van der Waals surface area contributed by atoms with Gasteiger partial charge in [0.15, 0.2) is 6.10 Å². The van der Waals surface area contributed by atoms with Gasteiger partial charge in [0.2, 0.25) is 5.91 Å². The first-order chi connectivity index (χ1) is 17.6. The van der Waals surface area contributed by atoms with Crippen molar-refractivity contribution in [2.75, 3.05) is 30.8 Å². The topological polar surface area (TPSA) is 77.5 Å². The molecular formula is C28H28N2O6. The lowest BCUT2D eigenvalue weighted by Gasteiger charge is -2.29. The molecule has 0 aromatic heterocycles. The zero-order valence-electron chi connectivity index (χ0n) is 20.4. The first-order valence-corrected chi connectivity index (χ1v) is 11.9. The van der Waals surface area contributed by atoms with E-state index in [9.17, 15) is 9.59 Å². The van der Waals surface area contributed by atoms with E-state index in [1.54, 1.807) is 55.7 Å². The van der Waals surface area contributed by atoms with Crippen LogP contribution in [0.3, 0.4) is 0 Å². The molecule has 0 bridgehead atoms. The van der Waals surface area contributed by atoms with E-state index in [1.165, 1.54) is 4.90 Å². The van der Waals surface area contributed by atoms with Crippen LogP contribution < -0.4 is 24.2 Å². The third-order valence-corrected chi connectivity index (χ3v) is 6.45. The van der Waals surface area contributed by atoms with Gasteiger partial charge in [-0.3, -0.25) is 14.4 Å². The lowest BCUT2D eigenvalue weighted by molar-refractivity contribution is -0.126. The number of benzene rings is 3.